The fourth-order valence-electron chi connectivity index (χ4n) is 3.63. The maximum Gasteiger partial charge on any atom is 0.202 e. The summed E-state index contributed by atoms with van der Waals surface area (Å²) in [5.74, 6) is 1.35. The first-order valence-corrected chi connectivity index (χ1v) is 9.37. The zero-order valence-electron chi connectivity index (χ0n) is 13.8. The minimum atomic E-state index is 0.283. The zero-order valence-corrected chi connectivity index (χ0v) is 14.6. The van der Waals surface area contributed by atoms with Gasteiger partial charge < -0.3 is 10.1 Å². The average Bonchev–Trinajstić information content (AvgIpc) is 3.04. The maximum atomic E-state index is 5.55. The van der Waals surface area contributed by atoms with E-state index in [0.717, 1.165) is 43.8 Å². The summed E-state index contributed by atoms with van der Waals surface area (Å²) in [6.07, 6.45) is 6.63. The lowest BCUT2D eigenvalue weighted by Gasteiger charge is -2.48. The van der Waals surface area contributed by atoms with E-state index in [0.29, 0.717) is 5.92 Å². The number of ether oxygens (including phenoxy) is 1. The Morgan fingerprint density at radius 2 is 1.95 bits per heavy atom. The molecule has 0 radical (unpaired) electrons. The van der Waals surface area contributed by atoms with Gasteiger partial charge in [0.25, 0.3) is 0 Å². The summed E-state index contributed by atoms with van der Waals surface area (Å²) in [6.45, 7) is 9.14. The second kappa shape index (κ2) is 7.23. The van der Waals surface area contributed by atoms with Crippen molar-refractivity contribution < 1.29 is 4.74 Å². The van der Waals surface area contributed by atoms with Gasteiger partial charge in [0, 0.05) is 42.6 Å². The summed E-state index contributed by atoms with van der Waals surface area (Å²) in [7, 11) is 0. The number of nitrogens with zero attached hydrogens (tertiary/aromatic N) is 3. The summed E-state index contributed by atoms with van der Waals surface area (Å²) in [4.78, 5) is 7.28. The lowest BCUT2D eigenvalue weighted by atomic mass is 9.80. The molecule has 1 saturated heterocycles. The number of nitrogens with one attached hydrogen (secondary N) is 1. The van der Waals surface area contributed by atoms with E-state index in [4.69, 9.17) is 4.74 Å². The normalized spacial score (nSPS) is 22.9. The number of rotatable bonds is 5. The molecule has 1 aromatic heterocycles. The first-order valence-electron chi connectivity index (χ1n) is 8.60. The molecule has 1 aliphatic heterocycles. The third-order valence-corrected chi connectivity index (χ3v) is 5.68. The Balaban J connectivity index is 1.66. The van der Waals surface area contributed by atoms with Crippen molar-refractivity contribution in [3.63, 3.8) is 0 Å². The smallest absolute Gasteiger partial charge is 0.202 e. The SMILES string of the molecule is CC(C)c1nsc(NCC2(N3CCOCC3)CCCCC2)n1. The predicted octanol–water partition coefficient (Wildman–Crippen LogP) is 3.11. The topological polar surface area (TPSA) is 50.3 Å². The summed E-state index contributed by atoms with van der Waals surface area (Å²) in [5.41, 5.74) is 0.283. The number of aromatic nitrogens is 2. The second-order valence-electron chi connectivity index (χ2n) is 6.85. The van der Waals surface area contributed by atoms with Crippen molar-refractivity contribution in [3.8, 4) is 0 Å². The molecule has 3 rings (SSSR count). The van der Waals surface area contributed by atoms with Crippen LogP contribution in [0.25, 0.3) is 0 Å². The van der Waals surface area contributed by atoms with Crippen LogP contribution >= 0.6 is 11.5 Å². The number of anilines is 1. The van der Waals surface area contributed by atoms with Gasteiger partial charge in [-0.1, -0.05) is 33.1 Å². The van der Waals surface area contributed by atoms with Crippen LogP contribution in [-0.2, 0) is 4.74 Å². The van der Waals surface area contributed by atoms with Crippen LogP contribution in [0.4, 0.5) is 5.13 Å². The van der Waals surface area contributed by atoms with Crippen LogP contribution in [0.1, 0.15) is 57.7 Å². The van der Waals surface area contributed by atoms with Gasteiger partial charge in [-0.25, -0.2) is 4.98 Å². The molecular weight excluding hydrogens is 296 g/mol. The zero-order chi connectivity index (χ0) is 15.4. The highest BCUT2D eigenvalue weighted by Crippen LogP contribution is 2.34. The minimum absolute atomic E-state index is 0.283. The van der Waals surface area contributed by atoms with E-state index >= 15 is 0 Å². The molecule has 0 aromatic carbocycles. The molecule has 0 unspecified atom stereocenters. The standard InChI is InChI=1S/C16H28N4OS/c1-13(2)14-18-15(22-19-14)17-12-16(6-4-3-5-7-16)20-8-10-21-11-9-20/h13H,3-12H2,1-2H3,(H,17,18,19). The Bertz CT molecular complexity index is 464. The molecule has 124 valence electrons. The third-order valence-electron chi connectivity index (χ3n) is 4.99. The van der Waals surface area contributed by atoms with Gasteiger partial charge in [0.15, 0.2) is 0 Å². The minimum Gasteiger partial charge on any atom is -0.379 e. The fourth-order valence-corrected chi connectivity index (χ4v) is 4.34. The summed E-state index contributed by atoms with van der Waals surface area (Å²) < 4.78 is 9.99. The maximum absolute atomic E-state index is 5.55. The van der Waals surface area contributed by atoms with Crippen molar-refractivity contribution in [3.05, 3.63) is 5.82 Å². The highest BCUT2D eigenvalue weighted by molar-refractivity contribution is 7.09. The van der Waals surface area contributed by atoms with Crippen molar-refractivity contribution in [2.45, 2.75) is 57.4 Å². The van der Waals surface area contributed by atoms with E-state index in [2.05, 4.69) is 33.4 Å². The van der Waals surface area contributed by atoms with Crippen molar-refractivity contribution in [2.75, 3.05) is 38.2 Å². The van der Waals surface area contributed by atoms with Crippen LogP contribution < -0.4 is 5.32 Å². The summed E-state index contributed by atoms with van der Waals surface area (Å²) >= 11 is 1.50. The van der Waals surface area contributed by atoms with Crippen LogP contribution in [0.15, 0.2) is 0 Å². The molecule has 2 aliphatic rings. The number of hydrogen-bond donors (Lipinski definition) is 1. The van der Waals surface area contributed by atoms with Gasteiger partial charge in [0.2, 0.25) is 5.13 Å². The monoisotopic (exact) mass is 324 g/mol. The largest absolute Gasteiger partial charge is 0.379 e. The molecule has 2 fully saturated rings. The van der Waals surface area contributed by atoms with Crippen molar-refractivity contribution >= 4 is 16.7 Å². The van der Waals surface area contributed by atoms with Gasteiger partial charge in [0.05, 0.1) is 13.2 Å². The molecule has 1 N–H and O–H groups in total. The van der Waals surface area contributed by atoms with Crippen LogP contribution in [0.5, 0.6) is 0 Å². The van der Waals surface area contributed by atoms with Crippen molar-refractivity contribution in [1.29, 1.82) is 0 Å². The number of hydrogen-bond acceptors (Lipinski definition) is 6. The van der Waals surface area contributed by atoms with Crippen LogP contribution in [0, 0.1) is 0 Å². The Morgan fingerprint density at radius 3 is 2.59 bits per heavy atom. The lowest BCUT2D eigenvalue weighted by molar-refractivity contribution is -0.0318. The van der Waals surface area contributed by atoms with Crippen LogP contribution in [0.2, 0.25) is 0 Å². The Kier molecular flexibility index (Phi) is 5.31. The van der Waals surface area contributed by atoms with E-state index < -0.39 is 0 Å². The van der Waals surface area contributed by atoms with E-state index in [1.165, 1.54) is 43.6 Å². The summed E-state index contributed by atoms with van der Waals surface area (Å²) in [5, 5.41) is 4.56. The van der Waals surface area contributed by atoms with Crippen molar-refractivity contribution in [1.82, 2.24) is 14.3 Å². The van der Waals surface area contributed by atoms with Gasteiger partial charge in [-0.15, -0.1) is 0 Å². The highest BCUT2D eigenvalue weighted by Gasteiger charge is 2.38. The molecule has 0 amide bonds. The molecule has 0 bridgehead atoms. The van der Waals surface area contributed by atoms with E-state index in [1.807, 2.05) is 0 Å². The molecule has 1 saturated carbocycles. The Morgan fingerprint density at radius 1 is 1.23 bits per heavy atom. The van der Waals surface area contributed by atoms with E-state index in [-0.39, 0.29) is 5.54 Å². The molecular formula is C16H28N4OS. The first-order chi connectivity index (χ1) is 10.7. The van der Waals surface area contributed by atoms with E-state index in [1.54, 1.807) is 0 Å². The molecule has 1 aromatic rings. The Hall–Kier alpha value is -0.720. The van der Waals surface area contributed by atoms with E-state index in [9.17, 15) is 0 Å². The van der Waals surface area contributed by atoms with Gasteiger partial charge in [-0.05, 0) is 12.8 Å². The van der Waals surface area contributed by atoms with Crippen LogP contribution in [-0.4, -0.2) is 52.6 Å². The quantitative estimate of drug-likeness (QED) is 0.902. The molecule has 5 nitrogen and oxygen atoms in total. The molecule has 1 aliphatic carbocycles. The van der Waals surface area contributed by atoms with Gasteiger partial charge in [-0.3, -0.25) is 4.90 Å². The Labute approximate surface area is 137 Å². The average molecular weight is 324 g/mol. The fraction of sp³-hybridized carbons (Fsp3) is 0.875. The van der Waals surface area contributed by atoms with Gasteiger partial charge in [0.1, 0.15) is 5.82 Å². The van der Waals surface area contributed by atoms with Gasteiger partial charge in [-0.2, -0.15) is 4.37 Å². The summed E-state index contributed by atoms with van der Waals surface area (Å²) in [6, 6.07) is 0. The molecule has 2 heterocycles. The van der Waals surface area contributed by atoms with Gasteiger partial charge >= 0.3 is 0 Å². The number of morpholine rings is 1. The molecule has 6 heteroatoms. The highest BCUT2D eigenvalue weighted by atomic mass is 32.1. The van der Waals surface area contributed by atoms with Crippen LogP contribution in [0.3, 0.4) is 0 Å². The second-order valence-corrected chi connectivity index (χ2v) is 7.60. The van der Waals surface area contributed by atoms with Crippen molar-refractivity contribution in [2.24, 2.45) is 0 Å². The molecule has 22 heavy (non-hydrogen) atoms. The lowest BCUT2D eigenvalue weighted by Crippen LogP contribution is -2.57. The molecule has 0 spiro atoms. The molecule has 0 atom stereocenters. The first kappa shape index (κ1) is 16.1. The third kappa shape index (κ3) is 3.60. The predicted molar refractivity (Wildman–Crippen MR) is 90.7 cm³/mol.